The Balaban J connectivity index is 2.13. The molecule has 1 atom stereocenters. The van der Waals surface area contributed by atoms with Crippen molar-refractivity contribution in [3.8, 4) is 5.75 Å². The molecule has 0 bridgehead atoms. The maximum absolute atomic E-state index is 6.63. The molecule has 0 aliphatic heterocycles. The number of para-hydroxylation sites is 1. The Hall–Kier alpha value is -1.84. The van der Waals surface area contributed by atoms with Crippen LogP contribution in [-0.2, 0) is 11.2 Å². The van der Waals surface area contributed by atoms with Crippen molar-refractivity contribution in [1.82, 2.24) is 0 Å². The molecule has 0 heterocycles. The minimum Gasteiger partial charge on any atom is -0.488 e. The van der Waals surface area contributed by atoms with Crippen molar-refractivity contribution in [2.24, 2.45) is 0 Å². The van der Waals surface area contributed by atoms with Gasteiger partial charge < -0.3 is 14.0 Å². The van der Waals surface area contributed by atoms with Crippen molar-refractivity contribution >= 4 is 0 Å². The summed E-state index contributed by atoms with van der Waals surface area (Å²) >= 11 is 0. The predicted octanol–water partition coefficient (Wildman–Crippen LogP) is 6.13. The zero-order valence-corrected chi connectivity index (χ0v) is 20.2. The normalized spacial score (nSPS) is 13.8. The second-order valence-corrected chi connectivity index (χ2v) is 9.89. The molecule has 0 aliphatic rings. The lowest BCUT2D eigenvalue weighted by Crippen LogP contribution is -2.67. The fourth-order valence-corrected chi connectivity index (χ4v) is 3.74. The van der Waals surface area contributed by atoms with E-state index in [0.29, 0.717) is 6.61 Å². The first-order valence-corrected chi connectivity index (χ1v) is 11.3. The Kier molecular flexibility index (Phi) is 8.52. The molecule has 0 fully saturated rings. The number of rotatable bonds is 12. The number of hydrogen-bond acceptors (Lipinski definition) is 2. The molecule has 0 radical (unpaired) electrons. The molecule has 2 rings (SSSR count). The van der Waals surface area contributed by atoms with Gasteiger partial charge in [-0.1, -0.05) is 61.9 Å². The lowest BCUT2D eigenvalue weighted by molar-refractivity contribution is -0.945. The molecule has 0 aliphatic carbocycles. The van der Waals surface area contributed by atoms with E-state index < -0.39 is 0 Å². The monoisotopic (exact) mass is 412 g/mol. The van der Waals surface area contributed by atoms with Crippen LogP contribution in [0.25, 0.3) is 0 Å². The first-order valence-electron chi connectivity index (χ1n) is 11.3. The van der Waals surface area contributed by atoms with Crippen molar-refractivity contribution in [2.45, 2.75) is 71.1 Å². The molecule has 3 heteroatoms. The maximum atomic E-state index is 6.63. The Morgan fingerprint density at radius 1 is 0.867 bits per heavy atom. The van der Waals surface area contributed by atoms with E-state index in [1.165, 1.54) is 18.4 Å². The van der Waals surface area contributed by atoms with Gasteiger partial charge in [0.2, 0.25) is 0 Å². The van der Waals surface area contributed by atoms with E-state index in [0.717, 1.165) is 23.2 Å². The Morgan fingerprint density at radius 2 is 1.43 bits per heavy atom. The van der Waals surface area contributed by atoms with Crippen LogP contribution in [0.5, 0.6) is 5.75 Å². The van der Waals surface area contributed by atoms with Crippen LogP contribution in [0.15, 0.2) is 60.7 Å². The molecule has 30 heavy (non-hydrogen) atoms. The fourth-order valence-electron chi connectivity index (χ4n) is 3.74. The first-order chi connectivity index (χ1) is 14.1. The van der Waals surface area contributed by atoms with Gasteiger partial charge in [-0.25, -0.2) is 0 Å². The maximum Gasteiger partial charge on any atom is 0.126 e. The number of ether oxygens (including phenoxy) is 2. The number of quaternary nitrogens is 1. The lowest BCUT2D eigenvalue weighted by Gasteiger charge is -2.52. The third-order valence-corrected chi connectivity index (χ3v) is 7.04. The van der Waals surface area contributed by atoms with Gasteiger partial charge in [0.15, 0.2) is 0 Å². The van der Waals surface area contributed by atoms with E-state index in [1.807, 2.05) is 30.3 Å². The Bertz CT molecular complexity index is 696. The van der Waals surface area contributed by atoms with Gasteiger partial charge >= 0.3 is 0 Å². The van der Waals surface area contributed by atoms with Crippen LogP contribution in [0.2, 0.25) is 0 Å². The topological polar surface area (TPSA) is 18.5 Å². The highest BCUT2D eigenvalue weighted by atomic mass is 16.5. The largest absolute Gasteiger partial charge is 0.488 e. The van der Waals surface area contributed by atoms with E-state index in [2.05, 4.69) is 79.0 Å². The molecule has 2 aromatic rings. The number of likely N-dealkylation sites (N-methyl/N-ethyl adjacent to an activating group) is 1. The van der Waals surface area contributed by atoms with Crippen LogP contribution >= 0.6 is 0 Å². The zero-order chi connectivity index (χ0) is 22.3. The second kappa shape index (κ2) is 10.5. The van der Waals surface area contributed by atoms with Crippen molar-refractivity contribution < 1.29 is 14.0 Å². The average Bonchev–Trinajstić information content (AvgIpc) is 2.72. The molecule has 0 aromatic heterocycles. The van der Waals surface area contributed by atoms with Crippen LogP contribution in [0.4, 0.5) is 0 Å². The molecule has 0 N–H and O–H groups in total. The zero-order valence-electron chi connectivity index (χ0n) is 20.2. The summed E-state index contributed by atoms with van der Waals surface area (Å²) in [5.74, 6) is 0.887. The summed E-state index contributed by atoms with van der Waals surface area (Å²) < 4.78 is 13.9. The smallest absolute Gasteiger partial charge is 0.126 e. The number of hydrogen-bond donors (Lipinski definition) is 0. The molecule has 166 valence electrons. The molecule has 1 unspecified atom stereocenters. The minimum absolute atomic E-state index is 0.0453. The number of unbranched alkanes of at least 4 members (excludes halogenated alkanes) is 1. The molecule has 3 nitrogen and oxygen atoms in total. The fraction of sp³-hybridized carbons (Fsp3) is 0.556. The summed E-state index contributed by atoms with van der Waals surface area (Å²) in [7, 11) is 4.64. The third kappa shape index (κ3) is 6.33. The van der Waals surface area contributed by atoms with Crippen LogP contribution in [-0.4, -0.2) is 49.0 Å². The summed E-state index contributed by atoms with van der Waals surface area (Å²) in [5.41, 5.74) is 0.906. The lowest BCUT2D eigenvalue weighted by atomic mass is 9.82. The van der Waals surface area contributed by atoms with Gasteiger partial charge in [0.1, 0.15) is 23.0 Å². The van der Waals surface area contributed by atoms with Crippen molar-refractivity contribution in [1.29, 1.82) is 0 Å². The highest BCUT2D eigenvalue weighted by Crippen LogP contribution is 2.35. The van der Waals surface area contributed by atoms with Gasteiger partial charge in [0, 0.05) is 6.42 Å². The minimum atomic E-state index is -0.306. The van der Waals surface area contributed by atoms with Crippen molar-refractivity contribution in [3.63, 3.8) is 0 Å². The van der Waals surface area contributed by atoms with E-state index in [1.54, 1.807) is 0 Å². The molecule has 0 saturated heterocycles. The van der Waals surface area contributed by atoms with Crippen molar-refractivity contribution in [3.05, 3.63) is 66.2 Å². The van der Waals surface area contributed by atoms with Gasteiger partial charge in [-0.15, -0.1) is 0 Å². The standard InChI is InChI=1S/C27H42NO2/c1-8-9-20-28(6,7)26(2,3)27(4,5)29-22-25(21-23-16-12-10-13-17-23)30-24-18-14-11-15-19-24/h10-19,25H,8-9,20-22H2,1-7H3/q+1. The number of benzene rings is 2. The third-order valence-electron chi connectivity index (χ3n) is 7.04. The molecule has 0 spiro atoms. The summed E-state index contributed by atoms with van der Waals surface area (Å²) in [5, 5.41) is 0. The Labute approximate surface area is 184 Å². The van der Waals surface area contributed by atoms with Crippen molar-refractivity contribution in [2.75, 3.05) is 27.2 Å². The molecule has 0 amide bonds. The number of nitrogens with zero attached hydrogens (tertiary/aromatic N) is 1. The van der Waals surface area contributed by atoms with Gasteiger partial charge in [-0.2, -0.15) is 0 Å². The molecular weight excluding hydrogens is 370 g/mol. The summed E-state index contributed by atoms with van der Waals surface area (Å²) in [6.45, 7) is 13.0. The van der Waals surface area contributed by atoms with E-state index in [-0.39, 0.29) is 17.2 Å². The first kappa shape index (κ1) is 24.4. The highest BCUT2D eigenvalue weighted by Gasteiger charge is 2.50. The predicted molar refractivity (Wildman–Crippen MR) is 127 cm³/mol. The van der Waals surface area contributed by atoms with Gasteiger partial charge in [-0.3, -0.25) is 0 Å². The SMILES string of the molecule is CCCC[N+](C)(C)C(C)(C)C(C)(C)OCC(Cc1ccccc1)Oc1ccccc1. The summed E-state index contributed by atoms with van der Waals surface area (Å²) in [6, 6.07) is 20.6. The Morgan fingerprint density at radius 3 is 2.00 bits per heavy atom. The van der Waals surface area contributed by atoms with Gasteiger partial charge in [-0.05, 0) is 51.8 Å². The van der Waals surface area contributed by atoms with Crippen LogP contribution in [0.3, 0.4) is 0 Å². The van der Waals surface area contributed by atoms with Crippen LogP contribution in [0.1, 0.15) is 53.0 Å². The van der Waals surface area contributed by atoms with E-state index >= 15 is 0 Å². The van der Waals surface area contributed by atoms with Crippen LogP contribution < -0.4 is 4.74 Å². The highest BCUT2D eigenvalue weighted by molar-refractivity contribution is 5.22. The van der Waals surface area contributed by atoms with Gasteiger partial charge in [0.05, 0.1) is 27.2 Å². The summed E-state index contributed by atoms with van der Waals surface area (Å²) in [4.78, 5) is 0. The molecule has 2 aromatic carbocycles. The molecular formula is C27H42NO2+. The van der Waals surface area contributed by atoms with Gasteiger partial charge in [0.25, 0.3) is 0 Å². The molecule has 0 saturated carbocycles. The van der Waals surface area contributed by atoms with Crippen LogP contribution in [0, 0.1) is 0 Å². The second-order valence-electron chi connectivity index (χ2n) is 9.89. The average molecular weight is 413 g/mol. The van der Waals surface area contributed by atoms with E-state index in [9.17, 15) is 0 Å². The van der Waals surface area contributed by atoms with E-state index in [4.69, 9.17) is 9.47 Å². The quantitative estimate of drug-likeness (QED) is 0.391. The summed E-state index contributed by atoms with van der Waals surface area (Å²) in [6.07, 6.45) is 3.21.